The molecule has 4 rings (SSSR count). The molecule has 2 aromatic carbocycles. The number of nitrogens with one attached hydrogen (secondary N) is 1. The van der Waals surface area contributed by atoms with Crippen molar-refractivity contribution < 1.29 is 9.18 Å². The summed E-state index contributed by atoms with van der Waals surface area (Å²) >= 11 is 0. The molecule has 0 radical (unpaired) electrons. The highest BCUT2D eigenvalue weighted by atomic mass is 19.1. The molecule has 0 unspecified atom stereocenters. The van der Waals surface area contributed by atoms with Crippen LogP contribution >= 0.6 is 0 Å². The Morgan fingerprint density at radius 1 is 1.10 bits per heavy atom. The predicted molar refractivity (Wildman–Crippen MR) is 115 cm³/mol. The third-order valence-electron chi connectivity index (χ3n) is 5.53. The van der Waals surface area contributed by atoms with E-state index in [-0.39, 0.29) is 17.6 Å². The van der Waals surface area contributed by atoms with Crippen LogP contribution in [0.15, 0.2) is 60.9 Å². The lowest BCUT2D eigenvalue weighted by Crippen LogP contribution is -2.40. The van der Waals surface area contributed by atoms with E-state index in [9.17, 15) is 9.18 Å². The zero-order chi connectivity index (χ0) is 20.9. The molecular weight excluding hydrogens is 379 g/mol. The van der Waals surface area contributed by atoms with Gasteiger partial charge in [-0.2, -0.15) is 0 Å². The maximum Gasteiger partial charge on any atom is 0.223 e. The van der Waals surface area contributed by atoms with Crippen molar-refractivity contribution in [1.29, 1.82) is 0 Å². The van der Waals surface area contributed by atoms with Gasteiger partial charge in [0.25, 0.3) is 0 Å². The topological polar surface area (TPSA) is 58.1 Å². The molecule has 0 spiro atoms. The number of aromatic nitrogens is 2. The van der Waals surface area contributed by atoms with Crippen LogP contribution in [0.3, 0.4) is 0 Å². The smallest absolute Gasteiger partial charge is 0.223 e. The maximum atomic E-state index is 13.2. The van der Waals surface area contributed by atoms with E-state index in [2.05, 4.69) is 39.2 Å². The number of rotatable bonds is 5. The first-order valence-corrected chi connectivity index (χ1v) is 10.2. The number of carbonyl (C=O) groups excluding carboxylic acids is 1. The van der Waals surface area contributed by atoms with Gasteiger partial charge in [0.05, 0.1) is 5.69 Å². The van der Waals surface area contributed by atoms with Crippen molar-refractivity contribution in [3.63, 3.8) is 0 Å². The molecule has 1 N–H and O–H groups in total. The van der Waals surface area contributed by atoms with Crippen molar-refractivity contribution in [2.45, 2.75) is 26.3 Å². The Bertz CT molecular complexity index is 1010. The molecule has 2 heterocycles. The van der Waals surface area contributed by atoms with Gasteiger partial charge in [-0.05, 0) is 49.6 Å². The van der Waals surface area contributed by atoms with E-state index in [4.69, 9.17) is 0 Å². The van der Waals surface area contributed by atoms with Crippen LogP contribution in [0, 0.1) is 18.7 Å². The van der Waals surface area contributed by atoms with Crippen LogP contribution in [0.1, 0.15) is 24.0 Å². The summed E-state index contributed by atoms with van der Waals surface area (Å²) in [6, 6.07) is 16.4. The lowest BCUT2D eigenvalue weighted by Gasteiger charge is -2.32. The van der Waals surface area contributed by atoms with Crippen LogP contribution in [-0.4, -0.2) is 29.0 Å². The summed E-state index contributed by atoms with van der Waals surface area (Å²) in [7, 11) is 0. The van der Waals surface area contributed by atoms with Crippen molar-refractivity contribution in [3.05, 3.63) is 77.9 Å². The first-order valence-electron chi connectivity index (χ1n) is 10.2. The van der Waals surface area contributed by atoms with Gasteiger partial charge in [0.2, 0.25) is 5.91 Å². The molecule has 1 fully saturated rings. The number of amides is 1. The van der Waals surface area contributed by atoms with Gasteiger partial charge in [-0.1, -0.05) is 29.8 Å². The second-order valence-corrected chi connectivity index (χ2v) is 7.74. The molecule has 30 heavy (non-hydrogen) atoms. The highest BCUT2D eigenvalue weighted by molar-refractivity contribution is 5.79. The van der Waals surface area contributed by atoms with Gasteiger partial charge in [-0.25, -0.2) is 14.4 Å². The molecule has 0 saturated carbocycles. The molecule has 1 amide bonds. The number of aryl methyl sites for hydroxylation is 1. The summed E-state index contributed by atoms with van der Waals surface area (Å²) in [4.78, 5) is 23.5. The minimum absolute atomic E-state index is 0.0180. The standard InChI is InChI=1S/C24H25FN4O/c1-17-3-2-4-18(13-17)15-26-24(30)20-9-11-29(12-10-20)23-14-22(27-16-28-23)19-5-7-21(25)8-6-19/h2-8,13-14,16,20H,9-12,15H2,1H3,(H,26,30). The number of nitrogens with zero attached hydrogens (tertiary/aromatic N) is 3. The summed E-state index contributed by atoms with van der Waals surface area (Å²) in [5, 5.41) is 3.07. The largest absolute Gasteiger partial charge is 0.356 e. The van der Waals surface area contributed by atoms with Crippen LogP contribution in [-0.2, 0) is 11.3 Å². The lowest BCUT2D eigenvalue weighted by molar-refractivity contribution is -0.125. The first kappa shape index (κ1) is 20.0. The van der Waals surface area contributed by atoms with E-state index in [1.54, 1.807) is 12.1 Å². The van der Waals surface area contributed by atoms with E-state index in [0.29, 0.717) is 6.54 Å². The molecule has 1 aliphatic rings. The van der Waals surface area contributed by atoms with Gasteiger partial charge >= 0.3 is 0 Å². The van der Waals surface area contributed by atoms with Gasteiger partial charge in [0.15, 0.2) is 0 Å². The number of hydrogen-bond donors (Lipinski definition) is 1. The Hall–Kier alpha value is -3.28. The highest BCUT2D eigenvalue weighted by Gasteiger charge is 2.25. The van der Waals surface area contributed by atoms with Gasteiger partial charge < -0.3 is 10.2 Å². The Morgan fingerprint density at radius 2 is 1.87 bits per heavy atom. The second kappa shape index (κ2) is 9.03. The van der Waals surface area contributed by atoms with Crippen LogP contribution in [0.2, 0.25) is 0 Å². The van der Waals surface area contributed by atoms with E-state index in [1.807, 2.05) is 18.2 Å². The van der Waals surface area contributed by atoms with Crippen LogP contribution < -0.4 is 10.2 Å². The Balaban J connectivity index is 1.33. The fourth-order valence-corrected chi connectivity index (χ4v) is 3.82. The summed E-state index contributed by atoms with van der Waals surface area (Å²) in [5.41, 5.74) is 3.93. The minimum atomic E-state index is -0.268. The average molecular weight is 404 g/mol. The lowest BCUT2D eigenvalue weighted by atomic mass is 9.95. The second-order valence-electron chi connectivity index (χ2n) is 7.74. The summed E-state index contributed by atoms with van der Waals surface area (Å²) in [6.45, 7) is 4.15. The molecule has 0 bridgehead atoms. The molecule has 1 saturated heterocycles. The van der Waals surface area contributed by atoms with Crippen molar-refractivity contribution in [3.8, 4) is 11.3 Å². The van der Waals surface area contributed by atoms with Crippen LogP contribution in [0.25, 0.3) is 11.3 Å². The summed E-state index contributed by atoms with van der Waals surface area (Å²) in [6.07, 6.45) is 3.11. The van der Waals surface area contributed by atoms with E-state index in [1.165, 1.54) is 24.0 Å². The van der Waals surface area contributed by atoms with Crippen LogP contribution in [0.5, 0.6) is 0 Å². The monoisotopic (exact) mass is 404 g/mol. The predicted octanol–water partition coefficient (Wildman–Crippen LogP) is 4.12. The number of hydrogen-bond acceptors (Lipinski definition) is 4. The Kier molecular flexibility index (Phi) is 6.02. The molecule has 1 aliphatic heterocycles. The normalized spacial score (nSPS) is 14.5. The Morgan fingerprint density at radius 3 is 2.60 bits per heavy atom. The Labute approximate surface area is 176 Å². The van der Waals surface area contributed by atoms with E-state index in [0.717, 1.165) is 48.6 Å². The minimum Gasteiger partial charge on any atom is -0.356 e. The number of piperidine rings is 1. The SMILES string of the molecule is Cc1cccc(CNC(=O)C2CCN(c3cc(-c4ccc(F)cc4)ncn3)CC2)c1. The quantitative estimate of drug-likeness (QED) is 0.695. The fraction of sp³-hybridized carbons (Fsp3) is 0.292. The fourth-order valence-electron chi connectivity index (χ4n) is 3.82. The molecular formula is C24H25FN4O. The summed E-state index contributed by atoms with van der Waals surface area (Å²) < 4.78 is 13.2. The number of halogens is 1. The van der Waals surface area contributed by atoms with Gasteiger partial charge in [-0.3, -0.25) is 4.79 Å². The van der Waals surface area contributed by atoms with Crippen molar-refractivity contribution in [2.24, 2.45) is 5.92 Å². The number of carbonyl (C=O) groups is 1. The van der Waals surface area contributed by atoms with E-state index >= 15 is 0 Å². The van der Waals surface area contributed by atoms with Crippen LogP contribution in [0.4, 0.5) is 10.2 Å². The van der Waals surface area contributed by atoms with Gasteiger partial charge in [0, 0.05) is 37.2 Å². The molecule has 0 aliphatic carbocycles. The third kappa shape index (κ3) is 4.82. The first-order chi connectivity index (χ1) is 14.6. The molecule has 3 aromatic rings. The summed E-state index contributed by atoms with van der Waals surface area (Å²) in [5.74, 6) is 0.703. The number of anilines is 1. The van der Waals surface area contributed by atoms with Gasteiger partial charge in [0.1, 0.15) is 18.0 Å². The molecule has 0 atom stereocenters. The number of benzene rings is 2. The van der Waals surface area contributed by atoms with Crippen molar-refractivity contribution in [2.75, 3.05) is 18.0 Å². The van der Waals surface area contributed by atoms with Gasteiger partial charge in [-0.15, -0.1) is 0 Å². The average Bonchev–Trinajstić information content (AvgIpc) is 2.78. The zero-order valence-corrected chi connectivity index (χ0v) is 17.0. The van der Waals surface area contributed by atoms with Crippen molar-refractivity contribution in [1.82, 2.24) is 15.3 Å². The molecule has 1 aromatic heterocycles. The molecule has 154 valence electrons. The third-order valence-corrected chi connectivity index (χ3v) is 5.53. The maximum absolute atomic E-state index is 13.2. The molecule has 5 nitrogen and oxygen atoms in total. The molecule has 6 heteroatoms. The highest BCUT2D eigenvalue weighted by Crippen LogP contribution is 2.25. The van der Waals surface area contributed by atoms with E-state index < -0.39 is 0 Å². The zero-order valence-electron chi connectivity index (χ0n) is 17.0. The van der Waals surface area contributed by atoms with Crippen molar-refractivity contribution >= 4 is 11.7 Å².